The molecule has 1 amide bonds. The summed E-state index contributed by atoms with van der Waals surface area (Å²) in [6.45, 7) is 4.94. The lowest BCUT2D eigenvalue weighted by Gasteiger charge is -2.22. The molecule has 6 heteroatoms. The Kier molecular flexibility index (Phi) is 77.3. The van der Waals surface area contributed by atoms with Gasteiger partial charge in [-0.25, -0.2) is 0 Å². The van der Waals surface area contributed by atoms with Crippen molar-refractivity contribution in [1.82, 2.24) is 5.32 Å². The van der Waals surface area contributed by atoms with Gasteiger partial charge in [0.2, 0.25) is 5.91 Å². The quantitative estimate of drug-likeness (QED) is 0.0320. The van der Waals surface area contributed by atoms with Crippen molar-refractivity contribution >= 4 is 11.9 Å². The summed E-state index contributed by atoms with van der Waals surface area (Å²) >= 11 is 0. The Morgan fingerprint density at radius 1 is 0.315 bits per heavy atom. The molecule has 528 valence electrons. The van der Waals surface area contributed by atoms with Crippen LogP contribution in [0.15, 0.2) is 24.3 Å². The van der Waals surface area contributed by atoms with E-state index in [4.69, 9.17) is 4.74 Å². The maximum atomic E-state index is 12.6. The smallest absolute Gasteiger partial charge is 0.305 e. The van der Waals surface area contributed by atoms with Crippen LogP contribution in [0.5, 0.6) is 0 Å². The van der Waals surface area contributed by atoms with Crippen LogP contribution in [0.2, 0.25) is 0 Å². The molecule has 0 aliphatic carbocycles. The molecule has 0 aromatic carbocycles. The molecule has 2 atom stereocenters. The van der Waals surface area contributed by atoms with Gasteiger partial charge in [-0.3, -0.25) is 9.59 Å². The van der Waals surface area contributed by atoms with E-state index in [1.807, 2.05) is 0 Å². The number of hydrogen-bond acceptors (Lipinski definition) is 5. The molecule has 0 bridgehead atoms. The normalized spacial score (nSPS) is 12.5. The molecule has 2 unspecified atom stereocenters. The first-order chi connectivity index (χ1) is 44.0. The molecule has 0 aromatic rings. The van der Waals surface area contributed by atoms with Crippen molar-refractivity contribution in [3.05, 3.63) is 24.3 Å². The zero-order valence-corrected chi connectivity index (χ0v) is 60.7. The van der Waals surface area contributed by atoms with Crippen molar-refractivity contribution in [3.8, 4) is 0 Å². The average molecular weight is 1250 g/mol. The Hall–Kier alpha value is -1.66. The summed E-state index contributed by atoms with van der Waals surface area (Å²) in [5.74, 6) is -0.0155. The fourth-order valence-electron chi connectivity index (χ4n) is 13.3. The predicted molar refractivity (Wildman–Crippen MR) is 393 cm³/mol. The van der Waals surface area contributed by atoms with Gasteiger partial charge in [0.15, 0.2) is 0 Å². The second kappa shape index (κ2) is 78.8. The third-order valence-corrected chi connectivity index (χ3v) is 19.5. The third kappa shape index (κ3) is 75.3. The first kappa shape index (κ1) is 87.3. The number of aliphatic hydroxyl groups excluding tert-OH is 2. The molecule has 0 saturated carbocycles. The number of esters is 1. The maximum absolute atomic E-state index is 12.6. The molecule has 0 aliphatic rings. The summed E-state index contributed by atoms with van der Waals surface area (Å²) in [7, 11) is 0. The molecule has 6 nitrogen and oxygen atoms in total. The zero-order chi connectivity index (χ0) is 64.2. The van der Waals surface area contributed by atoms with E-state index in [0.29, 0.717) is 25.9 Å². The van der Waals surface area contributed by atoms with Gasteiger partial charge >= 0.3 is 5.97 Å². The molecule has 0 spiro atoms. The lowest BCUT2D eigenvalue weighted by molar-refractivity contribution is -0.143. The highest BCUT2D eigenvalue weighted by Crippen LogP contribution is 2.21. The van der Waals surface area contributed by atoms with Gasteiger partial charge in [-0.1, -0.05) is 430 Å². The number of nitrogens with one attached hydrogen (secondary N) is 1. The topological polar surface area (TPSA) is 95.9 Å². The molecule has 0 aliphatic heterocycles. The number of aliphatic hydroxyl groups is 2. The Bertz CT molecular complexity index is 1400. The van der Waals surface area contributed by atoms with Gasteiger partial charge in [-0.15, -0.1) is 0 Å². The molecule has 0 fully saturated rings. The van der Waals surface area contributed by atoms with Crippen LogP contribution in [0, 0.1) is 0 Å². The highest BCUT2D eigenvalue weighted by Gasteiger charge is 2.20. The van der Waals surface area contributed by atoms with Crippen LogP contribution in [-0.4, -0.2) is 47.4 Å². The van der Waals surface area contributed by atoms with Crippen LogP contribution < -0.4 is 5.32 Å². The van der Waals surface area contributed by atoms with Crippen molar-refractivity contribution in [1.29, 1.82) is 0 Å². The average Bonchev–Trinajstić information content (AvgIpc) is 3.64. The van der Waals surface area contributed by atoms with E-state index < -0.39 is 12.1 Å². The van der Waals surface area contributed by atoms with E-state index in [9.17, 15) is 19.8 Å². The second-order valence-corrected chi connectivity index (χ2v) is 28.5. The van der Waals surface area contributed by atoms with E-state index in [2.05, 4.69) is 43.5 Å². The van der Waals surface area contributed by atoms with Crippen molar-refractivity contribution in [2.45, 2.75) is 482 Å². The van der Waals surface area contributed by atoms with Gasteiger partial charge in [-0.05, 0) is 51.4 Å². The highest BCUT2D eigenvalue weighted by atomic mass is 16.5. The number of unbranched alkanes of at least 4 members (excludes halogenated alkanes) is 63. The summed E-state index contributed by atoms with van der Waals surface area (Å²) in [6.07, 6.45) is 101. The SMILES string of the molecule is CCC/C=C\C/C=C\CCCCCCCC(=O)OCCCCCCCCCCCCCCCCCCCCCCCCCCCCCCCCCCCCCC(=O)NC(CO)C(O)CCCCCCCCCCCCCCCCCCCCCCCCCC. The summed E-state index contributed by atoms with van der Waals surface area (Å²) in [5, 5.41) is 23.5. The minimum Gasteiger partial charge on any atom is -0.466 e. The Morgan fingerprint density at radius 2 is 0.584 bits per heavy atom. The number of rotatable bonds is 78. The fourth-order valence-corrected chi connectivity index (χ4v) is 13.3. The number of carbonyl (C=O) groups excluding carboxylic acids is 2. The van der Waals surface area contributed by atoms with Crippen molar-refractivity contribution < 1.29 is 24.5 Å². The fraction of sp³-hybridized carbons (Fsp3) is 0.928. The summed E-state index contributed by atoms with van der Waals surface area (Å²) in [4.78, 5) is 24.6. The predicted octanol–water partition coefficient (Wildman–Crippen LogP) is 27.2. The van der Waals surface area contributed by atoms with Gasteiger partial charge in [0.05, 0.1) is 25.4 Å². The maximum Gasteiger partial charge on any atom is 0.305 e. The molecule has 89 heavy (non-hydrogen) atoms. The summed E-state index contributed by atoms with van der Waals surface area (Å²) in [5.41, 5.74) is 0. The van der Waals surface area contributed by atoms with Crippen LogP contribution in [0.25, 0.3) is 0 Å². The third-order valence-electron chi connectivity index (χ3n) is 19.5. The molecule has 0 saturated heterocycles. The van der Waals surface area contributed by atoms with Crippen LogP contribution in [0.4, 0.5) is 0 Å². The van der Waals surface area contributed by atoms with Crippen molar-refractivity contribution in [2.75, 3.05) is 13.2 Å². The highest BCUT2D eigenvalue weighted by molar-refractivity contribution is 5.76. The summed E-state index contributed by atoms with van der Waals surface area (Å²) in [6, 6.07) is -0.539. The first-order valence-corrected chi connectivity index (χ1v) is 41.1. The van der Waals surface area contributed by atoms with Gasteiger partial charge in [-0.2, -0.15) is 0 Å². The minimum absolute atomic E-state index is 0.00808. The second-order valence-electron chi connectivity index (χ2n) is 28.5. The van der Waals surface area contributed by atoms with E-state index in [1.165, 1.54) is 385 Å². The van der Waals surface area contributed by atoms with Gasteiger partial charge < -0.3 is 20.3 Å². The van der Waals surface area contributed by atoms with E-state index >= 15 is 0 Å². The van der Waals surface area contributed by atoms with Crippen LogP contribution in [0.3, 0.4) is 0 Å². The number of hydrogen-bond donors (Lipinski definition) is 3. The van der Waals surface area contributed by atoms with E-state index in [1.54, 1.807) is 0 Å². The van der Waals surface area contributed by atoms with Gasteiger partial charge in [0.25, 0.3) is 0 Å². The number of carbonyl (C=O) groups is 2. The summed E-state index contributed by atoms with van der Waals surface area (Å²) < 4.78 is 5.48. The van der Waals surface area contributed by atoms with Crippen LogP contribution >= 0.6 is 0 Å². The molecule has 0 rings (SSSR count). The molecule has 3 N–H and O–H groups in total. The van der Waals surface area contributed by atoms with E-state index in [0.717, 1.165) is 51.4 Å². The largest absolute Gasteiger partial charge is 0.466 e. The number of ether oxygens (including phenoxy) is 1. The van der Waals surface area contributed by atoms with Gasteiger partial charge in [0.1, 0.15) is 0 Å². The van der Waals surface area contributed by atoms with E-state index in [-0.39, 0.29) is 18.5 Å². The Morgan fingerprint density at radius 3 is 0.899 bits per heavy atom. The van der Waals surface area contributed by atoms with Crippen molar-refractivity contribution in [3.63, 3.8) is 0 Å². The molecular weight excluding hydrogens is 1090 g/mol. The monoisotopic (exact) mass is 1250 g/mol. The van der Waals surface area contributed by atoms with Crippen LogP contribution in [-0.2, 0) is 14.3 Å². The lowest BCUT2D eigenvalue weighted by atomic mass is 10.0. The minimum atomic E-state index is -0.662. The lowest BCUT2D eigenvalue weighted by Crippen LogP contribution is -2.45. The Labute approximate surface area is 558 Å². The zero-order valence-electron chi connectivity index (χ0n) is 60.7. The molecule has 0 radical (unpaired) electrons. The standard InChI is InChI=1S/C83H161NO5/c1-3-5-7-9-11-13-15-17-18-19-20-21-22-36-39-42-45-48-52-55-59-63-67-71-75-81(86)80(79-85)84-82(87)76-72-68-64-60-56-53-49-46-43-40-37-34-32-30-28-26-24-23-25-27-29-31-33-35-38-41-44-47-50-54-58-62-66-70-74-78-89-83(88)77-73-69-65-61-57-51-16-14-12-10-8-6-4-2/h8,10,14,16,80-81,85-86H,3-7,9,11-13,15,17-79H2,1-2H3,(H,84,87)/b10-8-,16-14-. The molecule has 0 heterocycles. The number of amides is 1. The Balaban J connectivity index is 3.32. The number of allylic oxidation sites excluding steroid dienone is 4. The van der Waals surface area contributed by atoms with Gasteiger partial charge in [0, 0.05) is 12.8 Å². The first-order valence-electron chi connectivity index (χ1n) is 41.1. The molecular formula is C83H161NO5. The van der Waals surface area contributed by atoms with Crippen molar-refractivity contribution in [2.24, 2.45) is 0 Å². The van der Waals surface area contributed by atoms with Crippen LogP contribution in [0.1, 0.15) is 470 Å². The molecule has 0 aromatic heterocycles.